The summed E-state index contributed by atoms with van der Waals surface area (Å²) in [5.74, 6) is 0.195. The van der Waals surface area contributed by atoms with Crippen LogP contribution in [0.5, 0.6) is 0 Å². The summed E-state index contributed by atoms with van der Waals surface area (Å²) >= 11 is 0. The fraction of sp³-hybridized carbons (Fsp3) is 0.500. The van der Waals surface area contributed by atoms with Crippen molar-refractivity contribution in [3.8, 4) is 0 Å². The number of hydrogen-bond acceptors (Lipinski definition) is 6. The fourth-order valence-corrected chi connectivity index (χ4v) is 3.94. The summed E-state index contributed by atoms with van der Waals surface area (Å²) < 4.78 is 7.43. The number of urea groups is 1. The average molecular weight is 455 g/mol. The first-order valence-electron chi connectivity index (χ1n) is 9.59. The second kappa shape index (κ2) is 9.04. The Labute approximate surface area is 184 Å². The van der Waals surface area contributed by atoms with Crippen LogP contribution in [0.2, 0.25) is 0 Å². The van der Waals surface area contributed by atoms with Crippen LogP contribution in [0.25, 0.3) is 0 Å². The molecule has 3 N–H and O–H groups in total. The lowest BCUT2D eigenvalue weighted by atomic mass is 10.1. The number of nitrogens with one attached hydrogen (secondary N) is 2. The number of morpholine rings is 1. The summed E-state index contributed by atoms with van der Waals surface area (Å²) in [5.41, 5.74) is 0.423. The molecule has 1 aromatic carbocycles. The molecule has 3 saturated heterocycles. The van der Waals surface area contributed by atoms with E-state index >= 15 is 0 Å². The van der Waals surface area contributed by atoms with Crippen LogP contribution in [0.1, 0.15) is 11.7 Å². The number of fused-ring (bicyclic) bond motifs is 1. The van der Waals surface area contributed by atoms with E-state index in [1.165, 1.54) is 29.2 Å². The Morgan fingerprint density at radius 1 is 1.29 bits per heavy atom. The van der Waals surface area contributed by atoms with E-state index in [9.17, 15) is 24.8 Å². The predicted molar refractivity (Wildman–Crippen MR) is 103 cm³/mol. The molecular weight excluding hydrogens is 432 g/mol. The summed E-state index contributed by atoms with van der Waals surface area (Å²) in [5, 5.41) is 27.3. The minimum atomic E-state index is -1.00. The molecule has 31 heavy (non-hydrogen) atoms. The Morgan fingerprint density at radius 3 is 2.55 bits per heavy atom. The maximum Gasteiger partial charge on any atom is 0.351 e. The minimum Gasteiger partial charge on any atom is -1.00 e. The molecule has 3 heterocycles. The number of guanidine groups is 1. The quantitative estimate of drug-likeness (QED) is 0.236. The van der Waals surface area contributed by atoms with E-state index < -0.39 is 35.2 Å². The zero-order valence-corrected chi connectivity index (χ0v) is 17.5. The van der Waals surface area contributed by atoms with Gasteiger partial charge in [-0.3, -0.25) is 35.0 Å². The number of aliphatic hydroxyl groups is 1. The number of likely N-dealkylation sites (N-methyl/N-ethyl adjacent to an activating group) is 1. The van der Waals surface area contributed by atoms with Crippen molar-refractivity contribution in [3.05, 3.63) is 39.9 Å². The molecule has 3 fully saturated rings. The molecule has 0 aromatic heterocycles. The molecule has 0 radical (unpaired) electrons. The zero-order valence-electron chi connectivity index (χ0n) is 16.7. The van der Waals surface area contributed by atoms with E-state index in [1.54, 1.807) is 11.9 Å². The minimum absolute atomic E-state index is 0. The fourth-order valence-electron chi connectivity index (χ4n) is 3.94. The second-order valence-corrected chi connectivity index (χ2v) is 7.38. The van der Waals surface area contributed by atoms with E-state index in [4.69, 9.17) is 4.74 Å². The number of rotatable bonds is 4. The third-order valence-corrected chi connectivity index (χ3v) is 5.59. The molecule has 0 saturated carbocycles. The molecule has 3 aliphatic rings. The Hall–Kier alpha value is -2.96. The topological polar surface area (TPSA) is 140 Å². The highest BCUT2D eigenvalue weighted by Gasteiger charge is 2.56. The first-order valence-corrected chi connectivity index (χ1v) is 9.59. The molecule has 3 aliphatic heterocycles. The molecule has 3 atom stereocenters. The lowest BCUT2D eigenvalue weighted by Gasteiger charge is -2.32. The molecule has 0 aliphatic carbocycles. The Bertz CT molecular complexity index is 901. The van der Waals surface area contributed by atoms with Crippen molar-refractivity contribution in [1.82, 2.24) is 20.4 Å². The maximum atomic E-state index is 12.7. The van der Waals surface area contributed by atoms with Gasteiger partial charge in [-0.15, -0.1) is 0 Å². The van der Waals surface area contributed by atoms with Gasteiger partial charge >= 0.3 is 12.0 Å². The van der Waals surface area contributed by atoms with E-state index in [1.807, 2.05) is 4.58 Å². The van der Waals surface area contributed by atoms with Crippen LogP contribution in [-0.2, 0) is 9.53 Å². The molecule has 168 valence electrons. The van der Waals surface area contributed by atoms with E-state index in [2.05, 4.69) is 10.6 Å². The van der Waals surface area contributed by atoms with Crippen molar-refractivity contribution in [1.29, 1.82) is 0 Å². The van der Waals surface area contributed by atoms with Crippen molar-refractivity contribution in [2.45, 2.75) is 18.3 Å². The van der Waals surface area contributed by atoms with E-state index in [0.29, 0.717) is 37.8 Å². The Morgan fingerprint density at radius 2 is 1.94 bits per heavy atom. The number of aliphatic hydroxyl groups excluding tert-OH is 1. The molecule has 13 heteroatoms. The van der Waals surface area contributed by atoms with Gasteiger partial charge in [-0.1, -0.05) is 0 Å². The summed E-state index contributed by atoms with van der Waals surface area (Å²) in [4.78, 5) is 38.2. The number of benzene rings is 1. The monoisotopic (exact) mass is 454 g/mol. The average Bonchev–Trinajstić information content (AvgIpc) is 3.12. The largest absolute Gasteiger partial charge is 1.00 e. The van der Waals surface area contributed by atoms with Crippen LogP contribution in [0.3, 0.4) is 0 Å². The smallest absolute Gasteiger partial charge is 0.351 e. The third-order valence-electron chi connectivity index (χ3n) is 5.59. The van der Waals surface area contributed by atoms with Crippen molar-refractivity contribution >= 4 is 23.6 Å². The van der Waals surface area contributed by atoms with E-state index in [-0.39, 0.29) is 24.6 Å². The maximum absolute atomic E-state index is 12.7. The van der Waals surface area contributed by atoms with Gasteiger partial charge in [0.05, 0.1) is 37.8 Å². The van der Waals surface area contributed by atoms with Crippen molar-refractivity contribution in [2.75, 3.05) is 39.9 Å². The van der Waals surface area contributed by atoms with Gasteiger partial charge in [0.25, 0.3) is 11.6 Å². The highest BCUT2D eigenvalue weighted by atomic mass is 35.5. The molecule has 3 unspecified atom stereocenters. The molecule has 0 bridgehead atoms. The van der Waals surface area contributed by atoms with Crippen LogP contribution >= 0.6 is 0 Å². The number of nitrogens with zero attached hydrogens (tertiary/aromatic N) is 4. The molecular formula is C18H23ClN6O6. The van der Waals surface area contributed by atoms with Crippen LogP contribution in [0.15, 0.2) is 24.3 Å². The van der Waals surface area contributed by atoms with Crippen LogP contribution in [-0.4, -0.2) is 94.4 Å². The zero-order chi connectivity index (χ0) is 21.4. The van der Waals surface area contributed by atoms with Gasteiger partial charge in [-0.25, -0.2) is 9.69 Å². The first kappa shape index (κ1) is 22.7. The molecule has 4 rings (SSSR count). The van der Waals surface area contributed by atoms with Crippen LogP contribution in [0.4, 0.5) is 10.5 Å². The summed E-state index contributed by atoms with van der Waals surface area (Å²) in [6, 6.07) is 4.43. The van der Waals surface area contributed by atoms with Crippen molar-refractivity contribution < 1.29 is 41.3 Å². The third kappa shape index (κ3) is 4.27. The molecule has 12 nitrogen and oxygen atoms in total. The summed E-state index contributed by atoms with van der Waals surface area (Å²) in [7, 11) is 1.60. The number of nitro groups is 1. The number of amides is 3. The van der Waals surface area contributed by atoms with Crippen LogP contribution in [0, 0.1) is 10.1 Å². The Kier molecular flexibility index (Phi) is 6.62. The lowest BCUT2D eigenvalue weighted by molar-refractivity contribution is -0.555. The second-order valence-electron chi connectivity index (χ2n) is 7.38. The van der Waals surface area contributed by atoms with E-state index in [0.717, 1.165) is 0 Å². The first-order chi connectivity index (χ1) is 14.4. The highest BCUT2D eigenvalue weighted by Crippen LogP contribution is 2.25. The lowest BCUT2D eigenvalue weighted by Crippen LogP contribution is -3.00. The highest BCUT2D eigenvalue weighted by molar-refractivity contribution is 6.03. The molecule has 1 aromatic rings. The van der Waals surface area contributed by atoms with Gasteiger partial charge in [-0.2, -0.15) is 0 Å². The predicted octanol–water partition coefficient (Wildman–Crippen LogP) is -4.19. The molecule has 3 amide bonds. The number of nitro benzene ring substituents is 1. The standard InChI is InChI=1S/C18H22N6O6.ClH/c1-21-15-14(16(26)20-18(21)27)23(17(19-15)22-6-8-30-9-7-22)10-13(25)11-2-4-12(5-3-11)24(28)29;/h2-5,13-15,25H,6-10H2,1H3,(H,20,26,27);1H. The van der Waals surface area contributed by atoms with Gasteiger partial charge in [0.2, 0.25) is 6.04 Å². The van der Waals surface area contributed by atoms with Gasteiger partial charge in [0.15, 0.2) is 6.17 Å². The van der Waals surface area contributed by atoms with Crippen molar-refractivity contribution in [3.63, 3.8) is 0 Å². The van der Waals surface area contributed by atoms with Gasteiger partial charge in [-0.05, 0) is 17.7 Å². The summed E-state index contributed by atoms with van der Waals surface area (Å²) in [6.45, 7) is 2.32. The van der Waals surface area contributed by atoms with Gasteiger partial charge in [0, 0.05) is 19.2 Å². The number of β-amino-alcohol motifs (C(OH)–C–C–N with tert-alkyl or cyclic N) is 1. The number of non-ortho nitro benzene ring substituents is 1. The summed E-state index contributed by atoms with van der Waals surface area (Å²) in [6.07, 6.45) is -1.58. The number of ether oxygens (including phenoxy) is 1. The van der Waals surface area contributed by atoms with Crippen molar-refractivity contribution in [2.24, 2.45) is 0 Å². The number of carbonyl (C=O) groups is 2. The van der Waals surface area contributed by atoms with Gasteiger partial charge < -0.3 is 22.3 Å². The Balaban J connectivity index is 0.00000272. The molecule has 0 spiro atoms. The number of carbonyl (C=O) groups excluding carboxylic acids is 2. The number of halogens is 1. The number of imide groups is 1. The SMILES string of the molecule is CN1C(=O)NC(=O)C2C1NC(=[N+]1CCOCC1)N2CC(O)c1ccc([N+](=O)[O-])cc1.[Cl-]. The normalized spacial score (nSPS) is 24.2. The van der Waals surface area contributed by atoms with Gasteiger partial charge in [0.1, 0.15) is 6.10 Å². The van der Waals surface area contributed by atoms with Crippen LogP contribution < -0.4 is 23.0 Å². The number of hydrogen-bond donors (Lipinski definition) is 3.